The van der Waals surface area contributed by atoms with E-state index >= 15 is 0 Å². The lowest BCUT2D eigenvalue weighted by atomic mass is 9.86. The van der Waals surface area contributed by atoms with E-state index in [1.54, 1.807) is 17.0 Å². The van der Waals surface area contributed by atoms with E-state index in [9.17, 15) is 18.4 Å². The molecule has 10 nitrogen and oxygen atoms in total. The van der Waals surface area contributed by atoms with Crippen molar-refractivity contribution in [2.24, 2.45) is 11.7 Å². The average Bonchev–Trinajstić information content (AvgIpc) is 3.51. The molecule has 0 bridgehead atoms. The largest absolute Gasteiger partial charge is 0.481 e. The highest BCUT2D eigenvalue weighted by Crippen LogP contribution is 2.29. The number of aromatic nitrogens is 5. The molecule has 5 rings (SSSR count). The number of benzene rings is 1. The zero-order chi connectivity index (χ0) is 25.4. The molecule has 0 saturated carbocycles. The van der Waals surface area contributed by atoms with Crippen molar-refractivity contribution in [2.75, 3.05) is 13.7 Å². The molecule has 2 unspecified atom stereocenters. The molecular formula is C24H23F2N7O3. The highest BCUT2D eigenvalue weighted by Gasteiger charge is 2.35. The average molecular weight is 495 g/mol. The van der Waals surface area contributed by atoms with Crippen LogP contribution in [0, 0.1) is 17.7 Å². The quantitative estimate of drug-likeness (QED) is 0.375. The summed E-state index contributed by atoms with van der Waals surface area (Å²) >= 11 is 0. The fourth-order valence-electron chi connectivity index (χ4n) is 4.65. The van der Waals surface area contributed by atoms with Gasteiger partial charge in [-0.3, -0.25) is 19.8 Å². The molecule has 3 aromatic heterocycles. The number of amides is 2. The maximum Gasteiger partial charge on any atom is 0.274 e. The van der Waals surface area contributed by atoms with E-state index in [1.807, 2.05) is 6.07 Å². The highest BCUT2D eigenvalue weighted by atomic mass is 19.1. The van der Waals surface area contributed by atoms with E-state index in [4.69, 9.17) is 10.5 Å². The summed E-state index contributed by atoms with van der Waals surface area (Å²) < 4.78 is 33.4. The van der Waals surface area contributed by atoms with Crippen molar-refractivity contribution in [3.8, 4) is 17.1 Å². The first-order valence-corrected chi connectivity index (χ1v) is 11.3. The van der Waals surface area contributed by atoms with Crippen molar-refractivity contribution >= 4 is 22.7 Å². The topological polar surface area (TPSA) is 143 Å². The third-order valence-electron chi connectivity index (χ3n) is 6.56. The molecule has 2 amide bonds. The minimum Gasteiger partial charge on any atom is -0.481 e. The van der Waals surface area contributed by atoms with Crippen LogP contribution in [-0.4, -0.2) is 61.8 Å². The monoisotopic (exact) mass is 495 g/mol. The van der Waals surface area contributed by atoms with E-state index in [2.05, 4.69) is 25.4 Å². The third-order valence-corrected chi connectivity index (χ3v) is 6.56. The van der Waals surface area contributed by atoms with Gasteiger partial charge < -0.3 is 15.4 Å². The Morgan fingerprint density at radius 1 is 1.19 bits per heavy atom. The number of piperidine rings is 1. The number of hydrogen-bond donors (Lipinski definition) is 3. The summed E-state index contributed by atoms with van der Waals surface area (Å²) in [6, 6.07) is 7.71. The molecule has 4 aromatic rings. The second-order valence-corrected chi connectivity index (χ2v) is 8.75. The van der Waals surface area contributed by atoms with E-state index < -0.39 is 17.7 Å². The summed E-state index contributed by atoms with van der Waals surface area (Å²) in [7, 11) is 1.42. The maximum atomic E-state index is 14.4. The number of fused-ring (bicyclic) bond motifs is 1. The van der Waals surface area contributed by atoms with Crippen LogP contribution in [0.1, 0.15) is 28.9 Å². The molecule has 2 atom stereocenters. The fourth-order valence-corrected chi connectivity index (χ4v) is 4.65. The molecule has 4 N–H and O–H groups in total. The number of ether oxygens (including phenoxy) is 1. The Balaban J connectivity index is 1.42. The summed E-state index contributed by atoms with van der Waals surface area (Å²) in [6.45, 7) is 0.291. The maximum absolute atomic E-state index is 14.4. The van der Waals surface area contributed by atoms with Gasteiger partial charge in [0.15, 0.2) is 11.5 Å². The van der Waals surface area contributed by atoms with Gasteiger partial charge in [-0.1, -0.05) is 6.07 Å². The van der Waals surface area contributed by atoms with E-state index in [1.165, 1.54) is 19.2 Å². The van der Waals surface area contributed by atoms with Crippen molar-refractivity contribution in [1.82, 2.24) is 30.3 Å². The predicted octanol–water partition coefficient (Wildman–Crippen LogP) is 2.58. The summed E-state index contributed by atoms with van der Waals surface area (Å²) in [4.78, 5) is 30.8. The Labute approximate surface area is 203 Å². The number of primary amides is 1. The van der Waals surface area contributed by atoms with Crippen molar-refractivity contribution in [3.05, 3.63) is 59.6 Å². The first kappa shape index (κ1) is 23.4. The molecule has 12 heteroatoms. The number of aromatic amines is 2. The predicted molar refractivity (Wildman–Crippen MR) is 125 cm³/mol. The van der Waals surface area contributed by atoms with Crippen LogP contribution in [0.5, 0.6) is 5.88 Å². The van der Waals surface area contributed by atoms with Crippen LogP contribution in [0.2, 0.25) is 0 Å². The molecule has 0 spiro atoms. The van der Waals surface area contributed by atoms with Gasteiger partial charge in [-0.05, 0) is 43.0 Å². The van der Waals surface area contributed by atoms with Crippen molar-refractivity contribution in [2.45, 2.75) is 25.3 Å². The van der Waals surface area contributed by atoms with Crippen LogP contribution in [0.3, 0.4) is 0 Å². The molecule has 1 aliphatic heterocycles. The SMILES string of the molecule is COc1cc(-c2cc(C(=O)N3CCC(C(N)=O)CC3Cc3ccc4[nH]nc(F)c4c3)n[nH]2)c(F)cn1. The standard InChI is InChI=1S/C24H23F2N7O3/c1-36-21-9-15(17(25)11-28-21)19-10-20(31-30-19)24(35)33-5-4-13(23(27)34)8-14(33)6-12-2-3-18-16(7-12)22(26)32-29-18/h2-3,7,9-11,13-14H,4-6,8H2,1H3,(H2,27,34)(H,29,32)(H,30,31). The van der Waals surface area contributed by atoms with Gasteiger partial charge in [0.2, 0.25) is 17.7 Å². The molecule has 186 valence electrons. The Morgan fingerprint density at radius 3 is 2.81 bits per heavy atom. The molecule has 36 heavy (non-hydrogen) atoms. The third kappa shape index (κ3) is 4.37. The van der Waals surface area contributed by atoms with E-state index in [0.29, 0.717) is 42.4 Å². The number of rotatable bonds is 6. The highest BCUT2D eigenvalue weighted by molar-refractivity contribution is 5.94. The Hall–Kier alpha value is -4.35. The zero-order valence-electron chi connectivity index (χ0n) is 19.3. The molecular weight excluding hydrogens is 472 g/mol. The van der Waals surface area contributed by atoms with Crippen LogP contribution in [0.15, 0.2) is 36.5 Å². The smallest absolute Gasteiger partial charge is 0.274 e. The number of nitrogens with zero attached hydrogens (tertiary/aromatic N) is 4. The molecule has 1 aromatic carbocycles. The first-order chi connectivity index (χ1) is 17.3. The van der Waals surface area contributed by atoms with Gasteiger partial charge in [0.05, 0.1) is 29.9 Å². The second-order valence-electron chi connectivity index (χ2n) is 8.75. The fraction of sp³-hybridized carbons (Fsp3) is 0.292. The van der Waals surface area contributed by atoms with Gasteiger partial charge in [0.1, 0.15) is 0 Å². The number of nitrogens with two attached hydrogens (primary N) is 1. The van der Waals surface area contributed by atoms with E-state index in [-0.39, 0.29) is 35.0 Å². The van der Waals surface area contributed by atoms with E-state index in [0.717, 1.165) is 11.8 Å². The van der Waals surface area contributed by atoms with Gasteiger partial charge in [-0.25, -0.2) is 9.37 Å². The number of likely N-dealkylation sites (tertiary alicyclic amines) is 1. The van der Waals surface area contributed by atoms with Crippen LogP contribution in [0.25, 0.3) is 22.2 Å². The summed E-state index contributed by atoms with van der Waals surface area (Å²) in [6.07, 6.45) is 2.19. The summed E-state index contributed by atoms with van der Waals surface area (Å²) in [5.41, 5.74) is 7.46. The number of carbonyl (C=O) groups excluding carboxylic acids is 2. The van der Waals surface area contributed by atoms with Crippen LogP contribution in [0.4, 0.5) is 8.78 Å². The lowest BCUT2D eigenvalue weighted by Crippen LogP contribution is -2.49. The number of halogens is 2. The number of pyridine rings is 1. The second kappa shape index (κ2) is 9.36. The van der Waals surface area contributed by atoms with Crippen molar-refractivity contribution in [1.29, 1.82) is 0 Å². The minimum atomic E-state index is -0.609. The van der Waals surface area contributed by atoms with Crippen LogP contribution >= 0.6 is 0 Å². The van der Waals surface area contributed by atoms with Gasteiger partial charge >= 0.3 is 0 Å². The Kier molecular flexibility index (Phi) is 6.08. The summed E-state index contributed by atoms with van der Waals surface area (Å²) in [5, 5.41) is 13.4. The normalized spacial score (nSPS) is 17.9. The van der Waals surface area contributed by atoms with Crippen LogP contribution < -0.4 is 10.5 Å². The lowest BCUT2D eigenvalue weighted by Gasteiger charge is -2.38. The van der Waals surface area contributed by atoms with Crippen molar-refractivity contribution in [3.63, 3.8) is 0 Å². The van der Waals surface area contributed by atoms with Crippen LogP contribution in [-0.2, 0) is 11.2 Å². The van der Waals surface area contributed by atoms with Gasteiger partial charge in [-0.2, -0.15) is 9.49 Å². The number of carbonyl (C=O) groups is 2. The minimum absolute atomic E-state index is 0.0963. The van der Waals surface area contributed by atoms with Gasteiger partial charge in [-0.15, -0.1) is 5.10 Å². The first-order valence-electron chi connectivity index (χ1n) is 11.3. The van der Waals surface area contributed by atoms with Gasteiger partial charge in [0, 0.05) is 30.1 Å². The Bertz CT molecular complexity index is 1450. The number of nitrogens with one attached hydrogen (secondary N) is 2. The number of hydrogen-bond acceptors (Lipinski definition) is 6. The summed E-state index contributed by atoms with van der Waals surface area (Å²) in [5.74, 6) is -2.17. The van der Waals surface area contributed by atoms with Crippen molar-refractivity contribution < 1.29 is 23.1 Å². The molecule has 0 radical (unpaired) electrons. The number of H-pyrrole nitrogens is 2. The Morgan fingerprint density at radius 2 is 2.03 bits per heavy atom. The zero-order valence-corrected chi connectivity index (χ0v) is 19.3. The lowest BCUT2D eigenvalue weighted by molar-refractivity contribution is -0.123. The molecule has 0 aliphatic carbocycles. The molecule has 1 fully saturated rings. The molecule has 1 saturated heterocycles. The molecule has 4 heterocycles. The molecule has 1 aliphatic rings. The van der Waals surface area contributed by atoms with Gasteiger partial charge in [0.25, 0.3) is 5.91 Å². The number of methoxy groups -OCH3 is 1.